The largest absolute Gasteiger partial charge is 0.504 e. The molecule has 1 spiro atoms. The van der Waals surface area contributed by atoms with Crippen LogP contribution in [-0.2, 0) is 62.9 Å². The van der Waals surface area contributed by atoms with Crippen molar-refractivity contribution in [1.29, 1.82) is 0 Å². The number of thioether (sulfide) groups is 1. The monoisotopic (exact) mass is 1060 g/mol. The number of nitrogens with zero attached hydrogens (tertiary/aromatic N) is 1. The number of rotatable bonds is 22. The van der Waals surface area contributed by atoms with Crippen LogP contribution in [0.4, 0.5) is 0 Å². The fourth-order valence-electron chi connectivity index (χ4n) is 11.3. The highest BCUT2D eigenvalue weighted by Crippen LogP contribution is 2.62. The van der Waals surface area contributed by atoms with Crippen molar-refractivity contribution in [3.8, 4) is 11.5 Å². The van der Waals surface area contributed by atoms with Crippen molar-refractivity contribution in [2.45, 2.75) is 131 Å². The average molecular weight is 1060 g/mol. The van der Waals surface area contributed by atoms with Crippen LogP contribution in [0.2, 0.25) is 0 Å². The third-order valence-electron chi connectivity index (χ3n) is 15.1. The second kappa shape index (κ2) is 23.9. The Kier molecular flexibility index (Phi) is 17.6. The summed E-state index contributed by atoms with van der Waals surface area (Å²) in [6.45, 7) is 3.87. The van der Waals surface area contributed by atoms with E-state index in [2.05, 4.69) is 44.6 Å². The molecule has 3 aromatic rings. The topological polar surface area (TPSA) is 300 Å². The van der Waals surface area contributed by atoms with Gasteiger partial charge in [-0.05, 0) is 80.0 Å². The van der Waals surface area contributed by atoms with Crippen molar-refractivity contribution in [3.05, 3.63) is 107 Å². The van der Waals surface area contributed by atoms with Crippen LogP contribution in [0, 0.1) is 11.8 Å². The highest BCUT2D eigenvalue weighted by atomic mass is 32.2. The van der Waals surface area contributed by atoms with Gasteiger partial charge < -0.3 is 71.9 Å². The summed E-state index contributed by atoms with van der Waals surface area (Å²) in [7, 11) is 2.09. The number of primary amides is 1. The maximum atomic E-state index is 14.5. The SMILES string of the molecule is CSCC[C@H](NC(=O)[C@H](CC(C)C)NC(=O)CNC(=O)[C@H](Cc1ccccc1)NC(=O)[C@H](Cc1ccccc1)NC(=O)[C@H]1O[C@H](O[C@H]2C=C[C@H]3[C@H]4Cc5ccc(O)c6c5[C@@]3(CCN4C)[C@H]2O6)[C@H](O)[C@@H](O)[C@@H]1O)C(N)=O. The Balaban J connectivity index is 0.972. The smallest absolute Gasteiger partial charge is 0.252 e. The first-order valence-electron chi connectivity index (χ1n) is 25.5. The van der Waals surface area contributed by atoms with Gasteiger partial charge in [0.05, 0.1) is 6.54 Å². The maximum Gasteiger partial charge on any atom is 0.252 e. The van der Waals surface area contributed by atoms with Crippen molar-refractivity contribution in [2.24, 2.45) is 17.6 Å². The third-order valence-corrected chi connectivity index (χ3v) is 15.8. The molecule has 8 rings (SSSR count). The lowest BCUT2D eigenvalue weighted by atomic mass is 9.53. The van der Waals surface area contributed by atoms with Crippen LogP contribution in [0.15, 0.2) is 84.9 Å². The van der Waals surface area contributed by atoms with Gasteiger partial charge in [0.2, 0.25) is 29.5 Å². The van der Waals surface area contributed by atoms with Crippen molar-refractivity contribution in [3.63, 3.8) is 0 Å². The molecule has 21 heteroatoms. The summed E-state index contributed by atoms with van der Waals surface area (Å²) < 4.78 is 19.1. The highest BCUT2D eigenvalue weighted by Gasteiger charge is 2.65. The third kappa shape index (κ3) is 12.0. The van der Waals surface area contributed by atoms with E-state index < -0.39 is 114 Å². The Hall–Kier alpha value is -6.07. The molecule has 2 bridgehead atoms. The van der Waals surface area contributed by atoms with Crippen molar-refractivity contribution in [2.75, 3.05) is 32.1 Å². The van der Waals surface area contributed by atoms with Gasteiger partial charge in [0.1, 0.15) is 54.7 Å². The number of nitrogens with two attached hydrogens (primary N) is 1. The predicted octanol–water partition coefficient (Wildman–Crippen LogP) is -0.145. The molecule has 5 aliphatic rings. The molecule has 11 N–H and O–H groups in total. The van der Waals surface area contributed by atoms with E-state index in [-0.39, 0.29) is 42.9 Å². The van der Waals surface area contributed by atoms with Gasteiger partial charge >= 0.3 is 0 Å². The molecule has 404 valence electrons. The van der Waals surface area contributed by atoms with Gasteiger partial charge in [0.25, 0.3) is 5.91 Å². The molecule has 75 heavy (non-hydrogen) atoms. The molecule has 2 fully saturated rings. The number of aromatic hydroxyl groups is 1. The lowest BCUT2D eigenvalue weighted by Gasteiger charge is -2.57. The van der Waals surface area contributed by atoms with Gasteiger partial charge in [0.15, 0.2) is 23.9 Å². The number of hydrogen-bond donors (Lipinski definition) is 10. The molecular formula is C54H69N7O13S. The number of aliphatic hydroxyl groups excluding tert-OH is 3. The summed E-state index contributed by atoms with van der Waals surface area (Å²) in [5, 5.41) is 58.2. The van der Waals surface area contributed by atoms with Gasteiger partial charge in [-0.3, -0.25) is 28.8 Å². The zero-order chi connectivity index (χ0) is 53.7. The van der Waals surface area contributed by atoms with E-state index in [4.69, 9.17) is 19.9 Å². The van der Waals surface area contributed by atoms with E-state index in [1.807, 2.05) is 32.2 Å². The molecular weight excluding hydrogens is 987 g/mol. The average Bonchev–Trinajstić information content (AvgIpc) is 3.75. The number of aliphatic hydroxyl groups is 3. The molecule has 2 aliphatic carbocycles. The van der Waals surface area contributed by atoms with Gasteiger partial charge in [0, 0.05) is 35.8 Å². The molecule has 3 aromatic carbocycles. The molecule has 0 unspecified atom stereocenters. The highest BCUT2D eigenvalue weighted by molar-refractivity contribution is 7.98. The Morgan fingerprint density at radius 3 is 2.09 bits per heavy atom. The van der Waals surface area contributed by atoms with Crippen molar-refractivity contribution in [1.82, 2.24) is 31.5 Å². The molecule has 0 radical (unpaired) electrons. The normalized spacial score (nSPS) is 27.9. The first-order valence-corrected chi connectivity index (χ1v) is 26.9. The van der Waals surface area contributed by atoms with Gasteiger partial charge in [-0.15, -0.1) is 0 Å². The van der Waals surface area contributed by atoms with Gasteiger partial charge in [-0.1, -0.05) is 92.7 Å². The second-order valence-electron chi connectivity index (χ2n) is 20.7. The molecule has 6 amide bonds. The second-order valence-corrected chi connectivity index (χ2v) is 21.6. The minimum Gasteiger partial charge on any atom is -0.504 e. The number of benzene rings is 3. The van der Waals surface area contributed by atoms with E-state index in [1.54, 1.807) is 66.7 Å². The summed E-state index contributed by atoms with van der Waals surface area (Å²) in [6.07, 6.45) is -3.39. The number of likely N-dealkylation sites (N-methyl/N-ethyl adjacent to an activating group) is 1. The number of carbonyl (C=O) groups is 6. The molecule has 0 saturated carbocycles. The van der Waals surface area contributed by atoms with Crippen LogP contribution in [0.5, 0.6) is 11.5 Å². The molecule has 14 atom stereocenters. The molecule has 3 heterocycles. The minimum absolute atomic E-state index is 0.00583. The quantitative estimate of drug-likeness (QED) is 0.0586. The van der Waals surface area contributed by atoms with Gasteiger partial charge in [-0.2, -0.15) is 11.8 Å². The van der Waals surface area contributed by atoms with Crippen LogP contribution < -0.4 is 37.1 Å². The Morgan fingerprint density at radius 1 is 0.813 bits per heavy atom. The Morgan fingerprint density at radius 2 is 1.45 bits per heavy atom. The van der Waals surface area contributed by atoms with E-state index >= 15 is 0 Å². The minimum atomic E-state index is -1.98. The molecule has 3 aliphatic heterocycles. The zero-order valence-electron chi connectivity index (χ0n) is 42.4. The van der Waals surface area contributed by atoms with Crippen LogP contribution in [0.25, 0.3) is 0 Å². The number of carbonyl (C=O) groups excluding carboxylic acids is 6. The van der Waals surface area contributed by atoms with E-state index in [9.17, 15) is 49.2 Å². The number of likely N-dealkylation sites (tertiary alicyclic amines) is 1. The van der Waals surface area contributed by atoms with Crippen molar-refractivity contribution >= 4 is 47.2 Å². The fourth-order valence-corrected chi connectivity index (χ4v) is 11.8. The van der Waals surface area contributed by atoms with E-state index in [0.717, 1.165) is 24.1 Å². The summed E-state index contributed by atoms with van der Waals surface area (Å²) in [5.74, 6) is -3.77. The number of hydrogen-bond acceptors (Lipinski definition) is 15. The summed E-state index contributed by atoms with van der Waals surface area (Å²) in [4.78, 5) is 84.1. The lowest BCUT2D eigenvalue weighted by Crippen LogP contribution is -2.67. The van der Waals surface area contributed by atoms with Gasteiger partial charge in [-0.25, -0.2) is 0 Å². The fraction of sp³-hybridized carbons (Fsp3) is 0.519. The predicted molar refractivity (Wildman–Crippen MR) is 276 cm³/mol. The summed E-state index contributed by atoms with van der Waals surface area (Å²) in [5.41, 5.74) is 8.20. The van der Waals surface area contributed by atoms with Crippen molar-refractivity contribution < 1.29 is 63.4 Å². The Bertz CT molecular complexity index is 2590. The van der Waals surface area contributed by atoms with Crippen LogP contribution in [0.3, 0.4) is 0 Å². The summed E-state index contributed by atoms with van der Waals surface area (Å²) >= 11 is 1.48. The van der Waals surface area contributed by atoms with Crippen LogP contribution in [-0.4, -0.2) is 166 Å². The Labute approximate surface area is 439 Å². The number of ether oxygens (including phenoxy) is 3. The number of phenolic OH excluding ortho intramolecular Hbond substituents is 1. The van der Waals surface area contributed by atoms with E-state index in [0.29, 0.717) is 35.5 Å². The number of nitrogens with one attached hydrogen (secondary N) is 5. The number of phenols is 1. The maximum absolute atomic E-state index is 14.5. The molecule has 0 aromatic heterocycles. The first-order chi connectivity index (χ1) is 35.9. The van der Waals surface area contributed by atoms with Crippen LogP contribution >= 0.6 is 11.8 Å². The van der Waals surface area contributed by atoms with E-state index in [1.165, 1.54) is 11.8 Å². The van der Waals surface area contributed by atoms with Crippen LogP contribution in [0.1, 0.15) is 55.4 Å². The lowest BCUT2D eigenvalue weighted by molar-refractivity contribution is -0.304. The number of amides is 6. The molecule has 20 nitrogen and oxygen atoms in total. The number of piperidine rings is 1. The first kappa shape index (κ1) is 55.2. The molecule has 2 saturated heterocycles. The standard InChI is InChI=1S/C54H69N7O13S/c1-28(2)23-34(50(69)58-33(48(55)67)19-22-75-4)57-40(63)27-56-49(68)35(24-29-11-7-5-8-12-29)59-51(70)36(25-30-13-9-6-10-14-30)60-52(71)46-43(65)42(64)44(66)53(74-46)72-39-18-16-32-37-26-31-15-17-38(62)45-41(31)54(32,47(39)73-45)20-21-61(37)3/h5-18,28,32-37,39,42-44,46-47,53,62,64-66H,19-27H2,1-4H3,(H2,55,67)(H,56,68)(H,57,63)(H,58,69)(H,59,70)(H,60,71)/t32-,33-,34-,35-,36-,37+,39-,42-,43-,44+,46-,47-,53-,54-/m0/s1. The zero-order valence-corrected chi connectivity index (χ0v) is 43.2. The summed E-state index contributed by atoms with van der Waals surface area (Å²) in [6, 6.07) is 16.4.